The number of rotatable bonds is 4. The highest BCUT2D eigenvalue weighted by atomic mass is 19.4. The summed E-state index contributed by atoms with van der Waals surface area (Å²) in [4.78, 5) is 4.32. The van der Waals surface area contributed by atoms with E-state index in [1.807, 2.05) is 26.0 Å². The minimum atomic E-state index is -4.40. The van der Waals surface area contributed by atoms with Crippen molar-refractivity contribution in [2.75, 3.05) is 7.11 Å². The molecule has 0 fully saturated rings. The third kappa shape index (κ3) is 4.00. The first kappa shape index (κ1) is 19.5. The molecule has 0 aliphatic rings. The Kier molecular flexibility index (Phi) is 5.13. The molecule has 3 rings (SSSR count). The lowest BCUT2D eigenvalue weighted by Gasteiger charge is -2.08. The highest BCUT2D eigenvalue weighted by molar-refractivity contribution is 5.77. The van der Waals surface area contributed by atoms with Crippen molar-refractivity contribution in [3.05, 3.63) is 64.5 Å². The summed E-state index contributed by atoms with van der Waals surface area (Å²) in [6.45, 7) is 3.82. The molecule has 1 heterocycles. The molecular weight excluding hydrogens is 371 g/mol. The van der Waals surface area contributed by atoms with E-state index >= 15 is 0 Å². The number of aryl methyl sites for hydroxylation is 2. The van der Waals surface area contributed by atoms with Crippen LogP contribution < -0.4 is 10.5 Å². The lowest BCUT2D eigenvalue weighted by atomic mass is 10.0. The number of alkyl halides is 3. The number of benzene rings is 2. The van der Waals surface area contributed by atoms with Crippen LogP contribution in [-0.4, -0.2) is 17.3 Å². The maximum atomic E-state index is 12.7. The molecule has 3 aromatic rings. The zero-order valence-corrected chi connectivity index (χ0v) is 15.5. The van der Waals surface area contributed by atoms with Crippen LogP contribution in [0.2, 0.25) is 0 Å². The summed E-state index contributed by atoms with van der Waals surface area (Å²) in [5.41, 5.74) is 8.52. The van der Waals surface area contributed by atoms with Crippen LogP contribution in [0, 0.1) is 13.8 Å². The molecule has 0 unspecified atom stereocenters. The third-order valence-corrected chi connectivity index (χ3v) is 4.23. The summed E-state index contributed by atoms with van der Waals surface area (Å²) < 4.78 is 48.4. The second-order valence-electron chi connectivity index (χ2n) is 6.27. The summed E-state index contributed by atoms with van der Waals surface area (Å²) in [6.07, 6.45) is -2.97. The SMILES string of the molecule is COc1cc(C)c(-c2noc(/C=C(\N)c3ccc(C(F)(F)F)cc3)n2)c(C)c1. The van der Waals surface area contributed by atoms with Gasteiger partial charge in [0, 0.05) is 17.3 Å². The molecule has 0 radical (unpaired) electrons. The van der Waals surface area contributed by atoms with Crippen LogP contribution in [0.4, 0.5) is 13.2 Å². The average Bonchev–Trinajstić information content (AvgIpc) is 3.08. The Bertz CT molecular complexity index is 999. The van der Waals surface area contributed by atoms with E-state index in [0.717, 1.165) is 34.6 Å². The first-order valence-electron chi connectivity index (χ1n) is 8.33. The molecule has 0 spiro atoms. The molecule has 146 valence electrons. The number of hydrogen-bond acceptors (Lipinski definition) is 5. The lowest BCUT2D eigenvalue weighted by Crippen LogP contribution is -2.05. The molecule has 2 N–H and O–H groups in total. The van der Waals surface area contributed by atoms with Gasteiger partial charge in [-0.05, 0) is 54.8 Å². The smallest absolute Gasteiger partial charge is 0.416 e. The molecule has 0 amide bonds. The third-order valence-electron chi connectivity index (χ3n) is 4.23. The largest absolute Gasteiger partial charge is 0.497 e. The predicted octanol–water partition coefficient (Wildman–Crippen LogP) is 4.84. The number of nitrogens with two attached hydrogens (primary N) is 1. The van der Waals surface area contributed by atoms with Crippen molar-refractivity contribution in [3.8, 4) is 17.1 Å². The van der Waals surface area contributed by atoms with E-state index in [1.54, 1.807) is 7.11 Å². The Balaban J connectivity index is 1.88. The number of ether oxygens (including phenoxy) is 1. The molecule has 0 bridgehead atoms. The Morgan fingerprint density at radius 3 is 2.25 bits per heavy atom. The van der Waals surface area contributed by atoms with Crippen molar-refractivity contribution in [3.63, 3.8) is 0 Å². The number of nitrogens with zero attached hydrogens (tertiary/aromatic N) is 2. The molecule has 0 atom stereocenters. The Morgan fingerprint density at radius 2 is 1.71 bits per heavy atom. The van der Waals surface area contributed by atoms with Gasteiger partial charge in [-0.2, -0.15) is 18.2 Å². The topological polar surface area (TPSA) is 74.2 Å². The molecule has 0 saturated carbocycles. The fourth-order valence-electron chi connectivity index (χ4n) is 2.86. The fourth-order valence-corrected chi connectivity index (χ4v) is 2.86. The zero-order valence-electron chi connectivity index (χ0n) is 15.5. The van der Waals surface area contributed by atoms with Gasteiger partial charge in [-0.25, -0.2) is 0 Å². The van der Waals surface area contributed by atoms with Crippen molar-refractivity contribution in [1.29, 1.82) is 0 Å². The first-order chi connectivity index (χ1) is 13.2. The number of hydrogen-bond donors (Lipinski definition) is 1. The van der Waals surface area contributed by atoms with Gasteiger partial charge in [0.1, 0.15) is 5.75 Å². The summed E-state index contributed by atoms with van der Waals surface area (Å²) in [6, 6.07) is 8.27. The van der Waals surface area contributed by atoms with E-state index in [0.29, 0.717) is 11.4 Å². The van der Waals surface area contributed by atoms with E-state index in [4.69, 9.17) is 15.0 Å². The monoisotopic (exact) mass is 389 g/mol. The summed E-state index contributed by atoms with van der Waals surface area (Å²) in [5, 5.41) is 3.98. The highest BCUT2D eigenvalue weighted by Crippen LogP contribution is 2.31. The Hall–Kier alpha value is -3.29. The van der Waals surface area contributed by atoms with Gasteiger partial charge in [0.2, 0.25) is 5.82 Å². The minimum Gasteiger partial charge on any atom is -0.497 e. The van der Waals surface area contributed by atoms with Crippen molar-refractivity contribution in [2.24, 2.45) is 5.73 Å². The van der Waals surface area contributed by atoms with Gasteiger partial charge in [-0.3, -0.25) is 0 Å². The Morgan fingerprint density at radius 1 is 1.11 bits per heavy atom. The fraction of sp³-hybridized carbons (Fsp3) is 0.200. The minimum absolute atomic E-state index is 0.155. The molecule has 0 aliphatic carbocycles. The molecule has 2 aromatic carbocycles. The molecular formula is C20H18F3N3O2. The normalized spacial score (nSPS) is 12.3. The van der Waals surface area contributed by atoms with Gasteiger partial charge in [0.15, 0.2) is 0 Å². The first-order valence-corrected chi connectivity index (χ1v) is 8.33. The van der Waals surface area contributed by atoms with E-state index in [-0.39, 0.29) is 11.6 Å². The predicted molar refractivity (Wildman–Crippen MR) is 99.3 cm³/mol. The Labute approximate surface area is 159 Å². The second-order valence-corrected chi connectivity index (χ2v) is 6.27. The van der Waals surface area contributed by atoms with Crippen LogP contribution in [-0.2, 0) is 6.18 Å². The van der Waals surface area contributed by atoms with Crippen LogP contribution in [0.5, 0.6) is 5.75 Å². The summed E-state index contributed by atoms with van der Waals surface area (Å²) >= 11 is 0. The maximum Gasteiger partial charge on any atom is 0.416 e. The second kappa shape index (κ2) is 7.38. The van der Waals surface area contributed by atoms with Crippen LogP contribution in [0.15, 0.2) is 40.9 Å². The van der Waals surface area contributed by atoms with Crippen LogP contribution in [0.25, 0.3) is 23.2 Å². The average molecular weight is 389 g/mol. The summed E-state index contributed by atoms with van der Waals surface area (Å²) in [5.74, 6) is 1.28. The molecule has 0 aliphatic heterocycles. The van der Waals surface area contributed by atoms with Crippen LogP contribution in [0.1, 0.15) is 28.1 Å². The van der Waals surface area contributed by atoms with E-state index in [2.05, 4.69) is 10.1 Å². The molecule has 5 nitrogen and oxygen atoms in total. The standard InChI is InChI=1S/C20H18F3N3O2/c1-11-8-15(27-3)9-12(2)18(11)19-25-17(28-26-19)10-16(24)13-4-6-14(7-5-13)20(21,22)23/h4-10H,24H2,1-3H3/b16-10-. The van der Waals surface area contributed by atoms with Crippen molar-refractivity contribution >= 4 is 11.8 Å². The lowest BCUT2D eigenvalue weighted by molar-refractivity contribution is -0.137. The quantitative estimate of drug-likeness (QED) is 0.691. The van der Waals surface area contributed by atoms with Crippen molar-refractivity contribution in [1.82, 2.24) is 10.1 Å². The van der Waals surface area contributed by atoms with E-state index in [1.165, 1.54) is 18.2 Å². The number of aromatic nitrogens is 2. The van der Waals surface area contributed by atoms with E-state index < -0.39 is 11.7 Å². The van der Waals surface area contributed by atoms with E-state index in [9.17, 15) is 13.2 Å². The number of halogens is 3. The molecule has 0 saturated heterocycles. The van der Waals surface area contributed by atoms with Gasteiger partial charge in [-0.1, -0.05) is 17.3 Å². The highest BCUT2D eigenvalue weighted by Gasteiger charge is 2.30. The van der Waals surface area contributed by atoms with Crippen molar-refractivity contribution in [2.45, 2.75) is 20.0 Å². The van der Waals surface area contributed by atoms with Gasteiger partial charge >= 0.3 is 6.18 Å². The molecule has 28 heavy (non-hydrogen) atoms. The molecule has 1 aromatic heterocycles. The van der Waals surface area contributed by atoms with Gasteiger partial charge < -0.3 is 15.0 Å². The van der Waals surface area contributed by atoms with Gasteiger partial charge in [-0.15, -0.1) is 0 Å². The molecule has 8 heteroatoms. The van der Waals surface area contributed by atoms with Gasteiger partial charge in [0.05, 0.1) is 12.7 Å². The summed E-state index contributed by atoms with van der Waals surface area (Å²) in [7, 11) is 1.59. The zero-order chi connectivity index (χ0) is 20.5. The van der Waals surface area contributed by atoms with Crippen LogP contribution in [0.3, 0.4) is 0 Å². The van der Waals surface area contributed by atoms with Gasteiger partial charge in [0.25, 0.3) is 5.89 Å². The number of methoxy groups -OCH3 is 1. The van der Waals surface area contributed by atoms with Crippen molar-refractivity contribution < 1.29 is 22.4 Å². The maximum absolute atomic E-state index is 12.7. The van der Waals surface area contributed by atoms with Crippen LogP contribution >= 0.6 is 0 Å².